The summed E-state index contributed by atoms with van der Waals surface area (Å²) in [6, 6.07) is 0.436. The molecular weight excluding hydrogens is 254 g/mol. The SMILES string of the molecule is CCNC(=O)N1CCCC(Cc2nncn2C(C)C)C1. The molecule has 1 aromatic heterocycles. The zero-order valence-corrected chi connectivity index (χ0v) is 12.7. The van der Waals surface area contributed by atoms with Crippen molar-refractivity contribution < 1.29 is 4.79 Å². The highest BCUT2D eigenvalue weighted by Crippen LogP contribution is 2.21. The monoisotopic (exact) mass is 279 g/mol. The molecule has 1 aliphatic heterocycles. The summed E-state index contributed by atoms with van der Waals surface area (Å²) in [7, 11) is 0. The lowest BCUT2D eigenvalue weighted by molar-refractivity contribution is 0.164. The molecule has 1 unspecified atom stereocenters. The molecule has 6 heteroatoms. The van der Waals surface area contributed by atoms with Crippen LogP contribution in [0.2, 0.25) is 0 Å². The third kappa shape index (κ3) is 3.49. The fraction of sp³-hybridized carbons (Fsp3) is 0.786. The molecular formula is C14H25N5O. The van der Waals surface area contributed by atoms with Crippen LogP contribution in [-0.2, 0) is 6.42 Å². The standard InChI is InChI=1S/C14H25N5O/c1-4-15-14(20)18-7-5-6-12(9-18)8-13-17-16-10-19(13)11(2)3/h10-12H,4-9H2,1-3H3,(H,15,20). The molecule has 1 aromatic rings. The van der Waals surface area contributed by atoms with Crippen molar-refractivity contribution in [3.8, 4) is 0 Å². The number of nitrogens with one attached hydrogen (secondary N) is 1. The molecule has 2 rings (SSSR count). The van der Waals surface area contributed by atoms with E-state index in [4.69, 9.17) is 0 Å². The Hall–Kier alpha value is -1.59. The second kappa shape index (κ2) is 6.72. The summed E-state index contributed by atoms with van der Waals surface area (Å²) in [4.78, 5) is 13.8. The highest BCUT2D eigenvalue weighted by molar-refractivity contribution is 5.74. The minimum absolute atomic E-state index is 0.0579. The smallest absolute Gasteiger partial charge is 0.317 e. The van der Waals surface area contributed by atoms with Gasteiger partial charge in [0.1, 0.15) is 12.2 Å². The number of rotatable bonds is 4. The van der Waals surface area contributed by atoms with Crippen LogP contribution in [0.5, 0.6) is 0 Å². The molecule has 1 atom stereocenters. The predicted molar refractivity (Wildman–Crippen MR) is 77.5 cm³/mol. The molecule has 20 heavy (non-hydrogen) atoms. The zero-order chi connectivity index (χ0) is 14.5. The molecule has 6 nitrogen and oxygen atoms in total. The lowest BCUT2D eigenvalue weighted by Crippen LogP contribution is -2.45. The summed E-state index contributed by atoms with van der Waals surface area (Å²) in [5.74, 6) is 1.51. The minimum atomic E-state index is 0.0579. The molecule has 0 spiro atoms. The summed E-state index contributed by atoms with van der Waals surface area (Å²) >= 11 is 0. The Balaban J connectivity index is 1.96. The molecule has 112 valence electrons. The maximum atomic E-state index is 11.9. The van der Waals surface area contributed by atoms with Crippen LogP contribution in [-0.4, -0.2) is 45.3 Å². The van der Waals surface area contributed by atoms with Crippen molar-refractivity contribution in [3.05, 3.63) is 12.2 Å². The van der Waals surface area contributed by atoms with Crippen LogP contribution in [0.15, 0.2) is 6.33 Å². The number of likely N-dealkylation sites (tertiary alicyclic amines) is 1. The first-order chi connectivity index (χ1) is 9.61. The van der Waals surface area contributed by atoms with Gasteiger partial charge in [-0.2, -0.15) is 0 Å². The first-order valence-electron chi connectivity index (χ1n) is 7.53. The third-order valence-electron chi connectivity index (χ3n) is 3.81. The largest absolute Gasteiger partial charge is 0.338 e. The van der Waals surface area contributed by atoms with Gasteiger partial charge in [0.25, 0.3) is 0 Å². The molecule has 2 amide bonds. The van der Waals surface area contributed by atoms with E-state index in [-0.39, 0.29) is 6.03 Å². The molecule has 0 bridgehead atoms. The van der Waals surface area contributed by atoms with Crippen molar-refractivity contribution >= 4 is 6.03 Å². The van der Waals surface area contributed by atoms with E-state index in [1.54, 1.807) is 6.33 Å². The third-order valence-corrected chi connectivity index (χ3v) is 3.81. The first kappa shape index (κ1) is 14.8. The van der Waals surface area contributed by atoms with Crippen molar-refractivity contribution in [2.75, 3.05) is 19.6 Å². The van der Waals surface area contributed by atoms with E-state index < -0.39 is 0 Å². The van der Waals surface area contributed by atoms with Crippen molar-refractivity contribution in [3.63, 3.8) is 0 Å². The van der Waals surface area contributed by atoms with Gasteiger partial charge in [-0.1, -0.05) is 0 Å². The number of aromatic nitrogens is 3. The zero-order valence-electron chi connectivity index (χ0n) is 12.7. The van der Waals surface area contributed by atoms with E-state index in [2.05, 4.69) is 33.9 Å². The van der Waals surface area contributed by atoms with Gasteiger partial charge in [-0.15, -0.1) is 10.2 Å². The molecule has 0 aromatic carbocycles. The normalized spacial score (nSPS) is 19.4. The van der Waals surface area contributed by atoms with Crippen LogP contribution in [0.1, 0.15) is 45.5 Å². The molecule has 1 aliphatic rings. The number of amides is 2. The van der Waals surface area contributed by atoms with E-state index >= 15 is 0 Å². The second-order valence-corrected chi connectivity index (χ2v) is 5.74. The van der Waals surface area contributed by atoms with Gasteiger partial charge in [-0.3, -0.25) is 0 Å². The van der Waals surface area contributed by atoms with E-state index in [1.807, 2.05) is 11.8 Å². The van der Waals surface area contributed by atoms with Gasteiger partial charge in [0.2, 0.25) is 0 Å². The Morgan fingerprint density at radius 3 is 3.05 bits per heavy atom. The first-order valence-corrected chi connectivity index (χ1v) is 7.53. The van der Waals surface area contributed by atoms with Crippen molar-refractivity contribution in [1.29, 1.82) is 0 Å². The van der Waals surface area contributed by atoms with E-state index in [1.165, 1.54) is 0 Å². The fourth-order valence-electron chi connectivity index (χ4n) is 2.78. The molecule has 1 saturated heterocycles. The van der Waals surface area contributed by atoms with Crippen LogP contribution in [0.3, 0.4) is 0 Å². The van der Waals surface area contributed by atoms with Crippen LogP contribution in [0, 0.1) is 5.92 Å². The van der Waals surface area contributed by atoms with Crippen LogP contribution in [0.4, 0.5) is 4.79 Å². The van der Waals surface area contributed by atoms with Gasteiger partial charge < -0.3 is 14.8 Å². The van der Waals surface area contributed by atoms with Crippen LogP contribution in [0.25, 0.3) is 0 Å². The Bertz CT molecular complexity index is 443. The van der Waals surface area contributed by atoms with Gasteiger partial charge in [0.15, 0.2) is 0 Å². The molecule has 0 aliphatic carbocycles. The van der Waals surface area contributed by atoms with Crippen LogP contribution >= 0.6 is 0 Å². The fourth-order valence-corrected chi connectivity index (χ4v) is 2.78. The van der Waals surface area contributed by atoms with Gasteiger partial charge >= 0.3 is 6.03 Å². The Kier molecular flexibility index (Phi) is 4.98. The average molecular weight is 279 g/mol. The maximum absolute atomic E-state index is 11.9. The molecule has 1 fully saturated rings. The number of hydrogen-bond donors (Lipinski definition) is 1. The predicted octanol–water partition coefficient (Wildman–Crippen LogP) is 1.84. The number of piperidine rings is 1. The van der Waals surface area contributed by atoms with Gasteiger partial charge in [-0.25, -0.2) is 4.79 Å². The Morgan fingerprint density at radius 1 is 1.55 bits per heavy atom. The van der Waals surface area contributed by atoms with E-state index in [0.717, 1.165) is 38.2 Å². The number of urea groups is 1. The highest BCUT2D eigenvalue weighted by Gasteiger charge is 2.25. The number of carbonyl (C=O) groups is 1. The molecule has 1 N–H and O–H groups in total. The van der Waals surface area contributed by atoms with Gasteiger partial charge in [0, 0.05) is 32.1 Å². The Labute approximate surface area is 120 Å². The summed E-state index contributed by atoms with van der Waals surface area (Å²) in [6.45, 7) is 8.57. The highest BCUT2D eigenvalue weighted by atomic mass is 16.2. The summed E-state index contributed by atoms with van der Waals surface area (Å²) in [5.41, 5.74) is 0. The lowest BCUT2D eigenvalue weighted by atomic mass is 9.94. The van der Waals surface area contributed by atoms with Gasteiger partial charge in [0.05, 0.1) is 0 Å². The number of nitrogens with zero attached hydrogens (tertiary/aromatic N) is 4. The second-order valence-electron chi connectivity index (χ2n) is 5.74. The maximum Gasteiger partial charge on any atom is 0.317 e. The summed E-state index contributed by atoms with van der Waals surface area (Å²) in [6.07, 6.45) is 4.91. The van der Waals surface area contributed by atoms with E-state index in [0.29, 0.717) is 18.5 Å². The van der Waals surface area contributed by atoms with Crippen molar-refractivity contribution in [2.45, 2.75) is 46.1 Å². The topological polar surface area (TPSA) is 63.1 Å². The van der Waals surface area contributed by atoms with Crippen LogP contribution < -0.4 is 5.32 Å². The minimum Gasteiger partial charge on any atom is -0.338 e. The van der Waals surface area contributed by atoms with Crippen molar-refractivity contribution in [2.24, 2.45) is 5.92 Å². The molecule has 0 saturated carbocycles. The van der Waals surface area contributed by atoms with Crippen molar-refractivity contribution in [1.82, 2.24) is 25.0 Å². The van der Waals surface area contributed by atoms with E-state index in [9.17, 15) is 4.79 Å². The summed E-state index contributed by atoms with van der Waals surface area (Å²) < 4.78 is 2.12. The lowest BCUT2D eigenvalue weighted by Gasteiger charge is -2.32. The Morgan fingerprint density at radius 2 is 2.35 bits per heavy atom. The average Bonchev–Trinajstić information content (AvgIpc) is 2.87. The summed E-state index contributed by atoms with van der Waals surface area (Å²) in [5, 5.41) is 11.1. The molecule has 0 radical (unpaired) electrons. The molecule has 2 heterocycles. The number of hydrogen-bond acceptors (Lipinski definition) is 3. The number of carbonyl (C=O) groups excluding carboxylic acids is 1. The quantitative estimate of drug-likeness (QED) is 0.914. The van der Waals surface area contributed by atoms with Gasteiger partial charge in [-0.05, 0) is 39.5 Å².